The molecule has 194 valence electrons. The third-order valence-electron chi connectivity index (χ3n) is 8.79. The van der Waals surface area contributed by atoms with Crippen molar-refractivity contribution in [2.24, 2.45) is 0 Å². The molecule has 5 aromatic carbocycles. The van der Waals surface area contributed by atoms with Crippen molar-refractivity contribution in [1.29, 1.82) is 0 Å². The van der Waals surface area contributed by atoms with Gasteiger partial charge in [-0.15, -0.1) is 0 Å². The Labute approximate surface area is 237 Å². The summed E-state index contributed by atoms with van der Waals surface area (Å²) in [6, 6.07) is 40.6. The maximum absolute atomic E-state index is 6.32. The van der Waals surface area contributed by atoms with Crippen molar-refractivity contribution in [3.63, 3.8) is 0 Å². The number of hydrogen-bond acceptors (Lipinski definition) is 3. The second kappa shape index (κ2) is 8.02. The molecule has 8 aromatic rings. The zero-order chi connectivity index (χ0) is 27.3. The van der Waals surface area contributed by atoms with Gasteiger partial charge in [-0.3, -0.25) is 4.57 Å². The molecular weight excluding hydrogens is 519 g/mol. The molecule has 1 aliphatic rings. The molecule has 0 unspecified atom stereocenters. The molecule has 0 radical (unpaired) electrons. The molecule has 0 N–H and O–H groups in total. The molecular formula is C36H25N3OSi. The monoisotopic (exact) mass is 543 g/mol. The van der Waals surface area contributed by atoms with E-state index in [2.05, 4.69) is 115 Å². The fourth-order valence-corrected chi connectivity index (χ4v) is 10.0. The third kappa shape index (κ3) is 3.04. The van der Waals surface area contributed by atoms with Crippen LogP contribution < -0.4 is 10.4 Å². The first-order chi connectivity index (χ1) is 20.1. The summed E-state index contributed by atoms with van der Waals surface area (Å²) >= 11 is 0. The smallest absolute Gasteiger partial charge is 0.162 e. The van der Waals surface area contributed by atoms with Gasteiger partial charge in [0.2, 0.25) is 0 Å². The van der Waals surface area contributed by atoms with Crippen molar-refractivity contribution < 1.29 is 4.42 Å². The molecule has 0 spiro atoms. The Morgan fingerprint density at radius 3 is 2.22 bits per heavy atom. The number of furan rings is 1. The van der Waals surface area contributed by atoms with Gasteiger partial charge < -0.3 is 4.42 Å². The molecule has 0 bridgehead atoms. The summed E-state index contributed by atoms with van der Waals surface area (Å²) in [5.74, 6) is 1.74. The predicted molar refractivity (Wildman–Crippen MR) is 171 cm³/mol. The molecule has 0 aliphatic carbocycles. The van der Waals surface area contributed by atoms with E-state index in [-0.39, 0.29) is 0 Å². The van der Waals surface area contributed by atoms with Gasteiger partial charge >= 0.3 is 0 Å². The van der Waals surface area contributed by atoms with Gasteiger partial charge in [-0.05, 0) is 35.0 Å². The summed E-state index contributed by atoms with van der Waals surface area (Å²) in [6.45, 7) is 4.87. The van der Waals surface area contributed by atoms with Gasteiger partial charge in [0, 0.05) is 32.3 Å². The van der Waals surface area contributed by atoms with Crippen LogP contribution in [-0.2, 0) is 0 Å². The highest BCUT2D eigenvalue weighted by Gasteiger charge is 2.42. The van der Waals surface area contributed by atoms with E-state index < -0.39 is 8.07 Å². The van der Waals surface area contributed by atoms with Gasteiger partial charge in [0.25, 0.3) is 0 Å². The molecule has 9 rings (SSSR count). The number of para-hydroxylation sites is 2. The van der Waals surface area contributed by atoms with Gasteiger partial charge in [0.15, 0.2) is 5.82 Å². The Morgan fingerprint density at radius 2 is 1.34 bits per heavy atom. The lowest BCUT2D eigenvalue weighted by Crippen LogP contribution is -2.51. The van der Waals surface area contributed by atoms with E-state index in [9.17, 15) is 0 Å². The van der Waals surface area contributed by atoms with Crippen LogP contribution in [0.15, 0.2) is 120 Å². The largest absolute Gasteiger partial charge is 0.456 e. The normalized spacial score (nSPS) is 13.8. The van der Waals surface area contributed by atoms with Gasteiger partial charge in [-0.1, -0.05) is 104 Å². The first-order valence-corrected chi connectivity index (χ1v) is 17.0. The topological polar surface area (TPSA) is 43.9 Å². The maximum Gasteiger partial charge on any atom is 0.162 e. The van der Waals surface area contributed by atoms with E-state index in [0.29, 0.717) is 0 Å². The molecule has 41 heavy (non-hydrogen) atoms. The number of nitrogens with zero attached hydrogens (tertiary/aromatic N) is 3. The molecule has 4 nitrogen and oxygen atoms in total. The Kier molecular flexibility index (Phi) is 4.46. The van der Waals surface area contributed by atoms with Crippen LogP contribution in [0.25, 0.3) is 72.2 Å². The molecule has 0 saturated carbocycles. The molecule has 3 aromatic heterocycles. The lowest BCUT2D eigenvalue weighted by molar-refractivity contribution is 0.669. The summed E-state index contributed by atoms with van der Waals surface area (Å²) in [7, 11) is -2.13. The maximum atomic E-state index is 6.32. The summed E-state index contributed by atoms with van der Waals surface area (Å²) in [6.07, 6.45) is 0. The zero-order valence-corrected chi connectivity index (χ0v) is 23.7. The van der Waals surface area contributed by atoms with Crippen LogP contribution in [0.5, 0.6) is 0 Å². The first-order valence-electron chi connectivity index (χ1n) is 14.0. The van der Waals surface area contributed by atoms with Crippen molar-refractivity contribution in [3.05, 3.63) is 115 Å². The Morgan fingerprint density at radius 1 is 0.610 bits per heavy atom. The molecule has 0 atom stereocenters. The minimum atomic E-state index is -2.13. The average Bonchev–Trinajstić information content (AvgIpc) is 3.62. The van der Waals surface area contributed by atoms with E-state index in [0.717, 1.165) is 61.3 Å². The summed E-state index contributed by atoms with van der Waals surface area (Å²) in [5.41, 5.74) is 7.41. The van der Waals surface area contributed by atoms with Gasteiger partial charge in [-0.2, -0.15) is 0 Å². The Bertz CT molecular complexity index is 2350. The highest BCUT2D eigenvalue weighted by atomic mass is 28.3. The van der Waals surface area contributed by atoms with Gasteiger partial charge in [0.1, 0.15) is 25.1 Å². The van der Waals surface area contributed by atoms with E-state index >= 15 is 0 Å². The SMILES string of the molecule is C[Si]1(C)c2ccccc2-c2nc(-c3ccccc3)nc(-n3c4ccccc4c4cc5oc6ccccc6c5cc43)c21. The van der Waals surface area contributed by atoms with Crippen molar-refractivity contribution >= 4 is 62.2 Å². The Balaban J connectivity index is 1.47. The fourth-order valence-electron chi connectivity index (χ4n) is 6.88. The van der Waals surface area contributed by atoms with Crippen molar-refractivity contribution in [2.45, 2.75) is 13.1 Å². The molecule has 0 saturated heterocycles. The van der Waals surface area contributed by atoms with Crippen molar-refractivity contribution in [3.8, 4) is 28.5 Å². The lowest BCUT2D eigenvalue weighted by atomic mass is 10.1. The number of aromatic nitrogens is 3. The minimum Gasteiger partial charge on any atom is -0.456 e. The quantitative estimate of drug-likeness (QED) is 0.208. The zero-order valence-electron chi connectivity index (χ0n) is 22.7. The van der Waals surface area contributed by atoms with E-state index in [1.54, 1.807) is 0 Å². The first kappa shape index (κ1) is 22.8. The van der Waals surface area contributed by atoms with Crippen LogP contribution in [0, 0.1) is 0 Å². The summed E-state index contributed by atoms with van der Waals surface area (Å²) < 4.78 is 8.71. The second-order valence-corrected chi connectivity index (χ2v) is 15.7. The molecule has 5 heteroatoms. The second-order valence-electron chi connectivity index (χ2n) is 11.4. The summed E-state index contributed by atoms with van der Waals surface area (Å²) in [4.78, 5) is 10.7. The van der Waals surface area contributed by atoms with Gasteiger partial charge in [-0.25, -0.2) is 9.97 Å². The van der Waals surface area contributed by atoms with E-state index in [1.807, 2.05) is 18.2 Å². The molecule has 1 aliphatic heterocycles. The fraction of sp³-hybridized carbons (Fsp3) is 0.0556. The number of rotatable bonds is 2. The van der Waals surface area contributed by atoms with E-state index in [1.165, 1.54) is 21.3 Å². The lowest BCUT2D eigenvalue weighted by Gasteiger charge is -2.22. The van der Waals surface area contributed by atoms with E-state index in [4.69, 9.17) is 14.4 Å². The number of hydrogen-bond donors (Lipinski definition) is 0. The summed E-state index contributed by atoms with van der Waals surface area (Å²) in [5, 5.41) is 7.30. The molecule has 0 fully saturated rings. The highest BCUT2D eigenvalue weighted by Crippen LogP contribution is 2.39. The van der Waals surface area contributed by atoms with Crippen LogP contribution in [-0.4, -0.2) is 22.6 Å². The van der Waals surface area contributed by atoms with Crippen molar-refractivity contribution in [2.75, 3.05) is 0 Å². The van der Waals surface area contributed by atoms with Gasteiger partial charge in [0.05, 0.1) is 16.7 Å². The molecule has 0 amide bonds. The predicted octanol–water partition coefficient (Wildman–Crippen LogP) is 7.94. The average molecular weight is 544 g/mol. The van der Waals surface area contributed by atoms with Crippen LogP contribution in [0.1, 0.15) is 0 Å². The van der Waals surface area contributed by atoms with Crippen molar-refractivity contribution in [1.82, 2.24) is 14.5 Å². The van der Waals surface area contributed by atoms with Crippen LogP contribution in [0.2, 0.25) is 13.1 Å². The minimum absolute atomic E-state index is 0.752. The standard InChI is InChI=1S/C36H25N3OSi/c1-41(2)32-19-11-8-16-25(32)33-34(41)36(38-35(37-33)22-12-4-3-5-13-22)39-28-17-9-6-14-23(28)26-21-31-27(20-29(26)39)24-15-7-10-18-30(24)40-31/h3-21H,1-2H3. The third-order valence-corrected chi connectivity index (χ3v) is 12.3. The van der Waals surface area contributed by atoms with Crippen LogP contribution >= 0.6 is 0 Å². The van der Waals surface area contributed by atoms with Crippen LogP contribution in [0.4, 0.5) is 0 Å². The van der Waals surface area contributed by atoms with Crippen LogP contribution in [0.3, 0.4) is 0 Å². The number of benzene rings is 5. The molecule has 4 heterocycles. The Hall–Kier alpha value is -5.00. The number of fused-ring (bicyclic) bond motifs is 9. The highest BCUT2D eigenvalue weighted by molar-refractivity contribution is 7.04.